The lowest BCUT2D eigenvalue weighted by atomic mass is 10.1. The minimum absolute atomic E-state index is 0.283. The van der Waals surface area contributed by atoms with Crippen LogP contribution in [-0.2, 0) is 13.6 Å². The fourth-order valence-electron chi connectivity index (χ4n) is 2.96. The fourth-order valence-corrected chi connectivity index (χ4v) is 2.96. The largest absolute Gasteiger partial charge is 0.387 e. The Labute approximate surface area is 147 Å². The van der Waals surface area contributed by atoms with E-state index in [1.807, 2.05) is 55.5 Å². The first-order chi connectivity index (χ1) is 12.0. The van der Waals surface area contributed by atoms with Gasteiger partial charge in [-0.25, -0.2) is 4.39 Å². The van der Waals surface area contributed by atoms with Gasteiger partial charge >= 0.3 is 0 Å². The predicted molar refractivity (Wildman–Crippen MR) is 96.3 cm³/mol. The van der Waals surface area contributed by atoms with Crippen molar-refractivity contribution in [2.75, 3.05) is 13.6 Å². The Hall–Kier alpha value is -2.50. The van der Waals surface area contributed by atoms with E-state index in [9.17, 15) is 9.50 Å². The van der Waals surface area contributed by atoms with Crippen LogP contribution in [0.2, 0.25) is 0 Å². The molecule has 2 aromatic carbocycles. The van der Waals surface area contributed by atoms with Crippen LogP contribution in [0.15, 0.2) is 60.8 Å². The number of nitrogens with zero attached hydrogens (tertiary/aromatic N) is 3. The zero-order valence-corrected chi connectivity index (χ0v) is 14.4. The quantitative estimate of drug-likeness (QED) is 0.748. The zero-order valence-electron chi connectivity index (χ0n) is 14.4. The van der Waals surface area contributed by atoms with Gasteiger partial charge in [-0.15, -0.1) is 0 Å². The predicted octanol–water partition coefficient (Wildman–Crippen LogP) is 3.39. The van der Waals surface area contributed by atoms with Crippen molar-refractivity contribution in [3.05, 3.63) is 77.7 Å². The number of aromatic nitrogens is 2. The normalized spacial score (nSPS) is 12.5. The van der Waals surface area contributed by atoms with E-state index in [2.05, 4.69) is 5.10 Å². The molecule has 0 bridgehead atoms. The van der Waals surface area contributed by atoms with Crippen LogP contribution in [0.3, 0.4) is 0 Å². The first-order valence-corrected chi connectivity index (χ1v) is 8.23. The van der Waals surface area contributed by atoms with Gasteiger partial charge in [0.2, 0.25) is 0 Å². The van der Waals surface area contributed by atoms with Gasteiger partial charge in [-0.2, -0.15) is 5.10 Å². The highest BCUT2D eigenvalue weighted by Crippen LogP contribution is 2.26. The Kier molecular flexibility index (Phi) is 5.26. The van der Waals surface area contributed by atoms with Crippen molar-refractivity contribution >= 4 is 0 Å². The molecule has 0 radical (unpaired) electrons. The lowest BCUT2D eigenvalue weighted by Crippen LogP contribution is -2.24. The molecule has 1 N–H and O–H groups in total. The van der Waals surface area contributed by atoms with Gasteiger partial charge in [-0.1, -0.05) is 42.5 Å². The van der Waals surface area contributed by atoms with E-state index in [1.54, 1.807) is 22.9 Å². The molecule has 0 amide bonds. The molecule has 0 saturated heterocycles. The van der Waals surface area contributed by atoms with Gasteiger partial charge in [0, 0.05) is 37.5 Å². The van der Waals surface area contributed by atoms with Crippen molar-refractivity contribution in [3.63, 3.8) is 0 Å². The van der Waals surface area contributed by atoms with Crippen molar-refractivity contribution < 1.29 is 9.50 Å². The summed E-state index contributed by atoms with van der Waals surface area (Å²) in [5.41, 5.74) is 2.95. The molecule has 1 atom stereocenters. The maximum Gasteiger partial charge on any atom is 0.132 e. The van der Waals surface area contributed by atoms with Crippen LogP contribution in [0.4, 0.5) is 4.39 Å². The maximum atomic E-state index is 14.1. The van der Waals surface area contributed by atoms with Gasteiger partial charge < -0.3 is 5.11 Å². The second-order valence-electron chi connectivity index (χ2n) is 6.28. The van der Waals surface area contributed by atoms with Crippen molar-refractivity contribution in [2.45, 2.75) is 12.6 Å². The highest BCUT2D eigenvalue weighted by Gasteiger charge is 2.17. The molecule has 0 spiro atoms. The number of aliphatic hydroxyl groups is 1. The topological polar surface area (TPSA) is 41.3 Å². The second kappa shape index (κ2) is 7.59. The van der Waals surface area contributed by atoms with E-state index >= 15 is 0 Å². The monoisotopic (exact) mass is 339 g/mol. The maximum absolute atomic E-state index is 14.1. The summed E-state index contributed by atoms with van der Waals surface area (Å²) in [7, 11) is 3.76. The lowest BCUT2D eigenvalue weighted by molar-refractivity contribution is 0.124. The summed E-state index contributed by atoms with van der Waals surface area (Å²) in [6.07, 6.45) is 1.33. The third kappa shape index (κ3) is 4.13. The third-order valence-electron chi connectivity index (χ3n) is 4.14. The first-order valence-electron chi connectivity index (χ1n) is 8.23. The molecule has 3 rings (SSSR count). The highest BCUT2D eigenvalue weighted by atomic mass is 19.1. The molecule has 130 valence electrons. The number of rotatable bonds is 6. The Morgan fingerprint density at radius 2 is 1.80 bits per heavy atom. The number of benzene rings is 2. The van der Waals surface area contributed by atoms with Gasteiger partial charge in [-0.05, 0) is 24.7 Å². The van der Waals surface area contributed by atoms with Gasteiger partial charge in [0.25, 0.3) is 0 Å². The SMILES string of the molecule is CN(Cc1cn(C)nc1-c1ccccc1F)C[C@H](O)c1ccccc1. The van der Waals surface area contributed by atoms with E-state index in [4.69, 9.17) is 0 Å². The number of aliphatic hydroxyl groups excluding tert-OH is 1. The number of halogens is 1. The van der Waals surface area contributed by atoms with Crippen LogP contribution >= 0.6 is 0 Å². The van der Waals surface area contributed by atoms with Crippen molar-refractivity contribution in [1.29, 1.82) is 0 Å². The number of aryl methyl sites for hydroxylation is 1. The smallest absolute Gasteiger partial charge is 0.132 e. The molecule has 4 nitrogen and oxygen atoms in total. The van der Waals surface area contributed by atoms with E-state index < -0.39 is 6.10 Å². The first kappa shape index (κ1) is 17.3. The van der Waals surface area contributed by atoms with Gasteiger partial charge in [0.05, 0.1) is 11.8 Å². The Balaban J connectivity index is 1.76. The lowest BCUT2D eigenvalue weighted by Gasteiger charge is -2.20. The average Bonchev–Trinajstić information content (AvgIpc) is 2.96. The summed E-state index contributed by atoms with van der Waals surface area (Å²) in [5, 5.41) is 14.8. The number of likely N-dealkylation sites (N-methyl/N-ethyl adjacent to an activating group) is 1. The molecular weight excluding hydrogens is 317 g/mol. The molecular formula is C20H22FN3O. The summed E-state index contributed by atoms with van der Waals surface area (Å²) in [6.45, 7) is 1.05. The highest BCUT2D eigenvalue weighted by molar-refractivity contribution is 5.63. The molecule has 25 heavy (non-hydrogen) atoms. The van der Waals surface area contributed by atoms with Gasteiger partial charge in [-0.3, -0.25) is 9.58 Å². The molecule has 0 fully saturated rings. The third-order valence-corrected chi connectivity index (χ3v) is 4.14. The molecule has 5 heteroatoms. The Morgan fingerprint density at radius 3 is 2.52 bits per heavy atom. The molecule has 0 aliphatic heterocycles. The molecule has 0 aliphatic rings. The fraction of sp³-hybridized carbons (Fsp3) is 0.250. The molecule has 1 heterocycles. The zero-order chi connectivity index (χ0) is 17.8. The summed E-state index contributed by atoms with van der Waals surface area (Å²) in [5.74, 6) is -0.283. The van der Waals surface area contributed by atoms with Crippen molar-refractivity contribution in [3.8, 4) is 11.3 Å². The number of hydrogen-bond donors (Lipinski definition) is 1. The minimum atomic E-state index is -0.570. The van der Waals surface area contributed by atoms with Crippen molar-refractivity contribution in [1.82, 2.24) is 14.7 Å². The molecule has 0 saturated carbocycles. The average molecular weight is 339 g/mol. The van der Waals surface area contributed by atoms with Crippen LogP contribution in [0.1, 0.15) is 17.2 Å². The Morgan fingerprint density at radius 1 is 1.12 bits per heavy atom. The minimum Gasteiger partial charge on any atom is -0.387 e. The second-order valence-corrected chi connectivity index (χ2v) is 6.28. The molecule has 3 aromatic rings. The molecule has 0 unspecified atom stereocenters. The summed E-state index contributed by atoms with van der Waals surface area (Å²) < 4.78 is 15.8. The van der Waals surface area contributed by atoms with E-state index in [0.717, 1.165) is 11.1 Å². The summed E-state index contributed by atoms with van der Waals surface area (Å²) in [4.78, 5) is 2.01. The van der Waals surface area contributed by atoms with E-state index in [1.165, 1.54) is 6.07 Å². The van der Waals surface area contributed by atoms with Gasteiger partial charge in [0.15, 0.2) is 0 Å². The Bertz CT molecular complexity index is 832. The van der Waals surface area contributed by atoms with Crippen LogP contribution in [-0.4, -0.2) is 33.4 Å². The van der Waals surface area contributed by atoms with Gasteiger partial charge in [0.1, 0.15) is 5.82 Å². The van der Waals surface area contributed by atoms with Crippen LogP contribution in [0.5, 0.6) is 0 Å². The van der Waals surface area contributed by atoms with Crippen LogP contribution in [0, 0.1) is 5.82 Å². The van der Waals surface area contributed by atoms with E-state index in [0.29, 0.717) is 24.3 Å². The summed E-state index contributed by atoms with van der Waals surface area (Å²) >= 11 is 0. The van der Waals surface area contributed by atoms with Crippen LogP contribution < -0.4 is 0 Å². The van der Waals surface area contributed by atoms with E-state index in [-0.39, 0.29) is 5.82 Å². The standard InChI is InChI=1S/C20H22FN3O/c1-23(14-19(25)15-8-4-3-5-9-15)12-16-13-24(2)22-20(16)17-10-6-7-11-18(17)21/h3-11,13,19,25H,12,14H2,1-2H3/t19-/m0/s1. The van der Waals surface area contributed by atoms with Crippen molar-refractivity contribution in [2.24, 2.45) is 7.05 Å². The van der Waals surface area contributed by atoms with Crippen LogP contribution in [0.25, 0.3) is 11.3 Å². The molecule has 0 aliphatic carbocycles. The number of hydrogen-bond acceptors (Lipinski definition) is 3. The summed E-state index contributed by atoms with van der Waals surface area (Å²) in [6, 6.07) is 16.2. The molecule has 1 aromatic heterocycles.